The number of fused-ring (bicyclic) bond motifs is 4. The highest BCUT2D eigenvalue weighted by molar-refractivity contribution is 6.01. The number of benzene rings is 8. The van der Waals surface area contributed by atoms with Crippen LogP contribution in [0.4, 0.5) is 17.6 Å². The molecule has 0 radical (unpaired) electrons. The van der Waals surface area contributed by atoms with Gasteiger partial charge in [-0.3, -0.25) is 14.4 Å². The van der Waals surface area contributed by atoms with Gasteiger partial charge in [0.15, 0.2) is 0 Å². The van der Waals surface area contributed by atoms with E-state index in [-0.39, 0.29) is 65.1 Å². The third-order valence-electron chi connectivity index (χ3n) is 21.5. The van der Waals surface area contributed by atoms with Crippen molar-refractivity contribution in [3.05, 3.63) is 263 Å². The van der Waals surface area contributed by atoms with Gasteiger partial charge in [-0.1, -0.05) is 97.1 Å². The zero-order valence-corrected chi connectivity index (χ0v) is 64.7. The molecule has 4 aliphatic carbocycles. The van der Waals surface area contributed by atoms with Gasteiger partial charge in [0.2, 0.25) is 12.1 Å². The number of amides is 3. The van der Waals surface area contributed by atoms with Gasteiger partial charge in [0.25, 0.3) is 17.7 Å². The molecule has 4 saturated carbocycles. The van der Waals surface area contributed by atoms with E-state index < -0.39 is 5.97 Å². The van der Waals surface area contributed by atoms with Gasteiger partial charge in [0, 0.05) is 103 Å². The Morgan fingerprint density at radius 1 is 0.351 bits per heavy atom. The van der Waals surface area contributed by atoms with Crippen molar-refractivity contribution in [2.75, 3.05) is 53.5 Å². The molecule has 3 amide bonds. The van der Waals surface area contributed by atoms with E-state index in [1.165, 1.54) is 55.0 Å². The first-order valence-electron chi connectivity index (χ1n) is 38.2. The van der Waals surface area contributed by atoms with E-state index in [9.17, 15) is 36.7 Å². The summed E-state index contributed by atoms with van der Waals surface area (Å²) in [5.74, 6) is 0.978. The molecule has 0 saturated heterocycles. The van der Waals surface area contributed by atoms with Crippen LogP contribution in [-0.2, 0) is 0 Å². The molecular weight excluding hydrogens is 1470 g/mol. The molecule has 596 valence electrons. The molecule has 4 fully saturated rings. The molecule has 0 unspecified atom stereocenters. The first kappa shape index (κ1) is 86.6. The van der Waals surface area contributed by atoms with Crippen molar-refractivity contribution in [1.29, 1.82) is 0 Å². The summed E-state index contributed by atoms with van der Waals surface area (Å²) in [5.41, 5.74) is 29.7. The Morgan fingerprint density at radius 3 is 0.833 bits per heavy atom. The average molecular weight is 1570 g/mol. The molecule has 16 rings (SSSR count). The maximum atomic E-state index is 13.1. The number of aromatic nitrogens is 4. The normalized spacial score (nSPS) is 18.4. The molecule has 0 aliphatic heterocycles. The number of nitrogens with zero attached hydrogens (tertiary/aromatic N) is 2. The number of carboxylic acids is 1. The van der Waals surface area contributed by atoms with E-state index in [0.717, 1.165) is 193 Å². The summed E-state index contributed by atoms with van der Waals surface area (Å²) in [6, 6.07) is 56.3. The van der Waals surface area contributed by atoms with E-state index in [4.69, 9.17) is 45.7 Å². The maximum absolute atomic E-state index is 13.1. The average Bonchev–Trinajstić information content (AvgIpc) is 1.63. The largest absolute Gasteiger partial charge is 0.477 e. The molecule has 24 heteroatoms. The highest BCUT2D eigenvalue weighted by Crippen LogP contribution is 2.34. The smallest absolute Gasteiger partial charge is 0.352 e. The third kappa shape index (κ3) is 23.6. The first-order chi connectivity index (χ1) is 54.9. The number of carboxylic acid groups (broad SMARTS) is 1. The highest BCUT2D eigenvalue weighted by atomic mass is 35.5. The van der Waals surface area contributed by atoms with Gasteiger partial charge in [0.1, 0.15) is 46.0 Å². The van der Waals surface area contributed by atoms with Crippen LogP contribution in [0.25, 0.3) is 97.8 Å². The lowest BCUT2D eigenvalue weighted by molar-refractivity contribution is 0.0690. The van der Waals surface area contributed by atoms with Crippen LogP contribution in [0.3, 0.4) is 0 Å². The fourth-order valence-electron chi connectivity index (χ4n) is 15.2. The second kappa shape index (κ2) is 42.5. The van der Waals surface area contributed by atoms with Crippen LogP contribution in [-0.4, -0.2) is 125 Å². The number of rotatable bonds is 17. The van der Waals surface area contributed by atoms with Crippen LogP contribution in [0.1, 0.15) is 119 Å². The lowest BCUT2D eigenvalue weighted by atomic mass is 10.0. The predicted molar refractivity (Wildman–Crippen MR) is 447 cm³/mol. The fraction of sp³-hybridized carbons (Fsp3) is 0.311. The number of H-pyrrole nitrogens is 4. The number of halogens is 5. The Hall–Kier alpha value is -11.4. The molecule has 19 nitrogen and oxygen atoms in total. The van der Waals surface area contributed by atoms with Crippen LogP contribution in [0.2, 0.25) is 0 Å². The van der Waals surface area contributed by atoms with E-state index >= 15 is 0 Å². The molecule has 8 aromatic carbocycles. The molecule has 8 atom stereocenters. The number of nitrogens with one attached hydrogen (secondary N) is 7. The van der Waals surface area contributed by atoms with Crippen LogP contribution < -0.4 is 33.2 Å². The zero-order valence-electron chi connectivity index (χ0n) is 63.8. The zero-order chi connectivity index (χ0) is 80.5. The number of aromatic carboxylic acids is 1. The number of aromatic amines is 4. The lowest BCUT2D eigenvalue weighted by Crippen LogP contribution is -2.28. The second-order valence-corrected chi connectivity index (χ2v) is 29.1. The van der Waals surface area contributed by atoms with E-state index in [2.05, 4.69) is 45.6 Å². The minimum absolute atomic E-state index is 0. The number of carbonyl (C=O) groups excluding carboxylic acids is 3. The number of hydrogen-bond acceptors (Lipinski definition) is 9. The van der Waals surface area contributed by atoms with Crippen molar-refractivity contribution >= 4 is 79.7 Å². The number of hydrogen-bond donors (Lipinski definition) is 13. The van der Waals surface area contributed by atoms with Crippen molar-refractivity contribution in [3.63, 3.8) is 0 Å². The molecule has 4 aromatic heterocycles. The summed E-state index contributed by atoms with van der Waals surface area (Å²) in [5, 5.41) is 35.8. The van der Waals surface area contributed by atoms with Gasteiger partial charge in [-0.2, -0.15) is 0 Å². The molecule has 0 bridgehead atoms. The SMILES string of the molecule is CO.CO.Cl.NC[C@H]1CC[C@H](CNC(=O)c2cc3ccc(-c4ccc(F)cc4)cc3[nH]2)C1.NC[C@H]1CC[C@H](CNC(=O)c2cc3ccc(-c4ccc(F)cc4)cc3[nH]2)C1.O=C(O)c1cc2ccc(-c3ccc(F)cc3)cc2[nH]1.[C-]#[N+][C@H]1CC[C@H](CN)C1.[C-]#[N+][C@H]1CC[C@H](CNC(=O)c2cc3ccc(-c4ccc(F)cc4)cc3[nH]2)C1. The Labute approximate surface area is 667 Å². The van der Waals surface area contributed by atoms with Gasteiger partial charge in [-0.15, -0.1) is 12.4 Å². The van der Waals surface area contributed by atoms with Gasteiger partial charge >= 0.3 is 5.97 Å². The van der Waals surface area contributed by atoms with E-state index in [1.54, 1.807) is 54.6 Å². The van der Waals surface area contributed by atoms with E-state index in [1.807, 2.05) is 91.0 Å². The van der Waals surface area contributed by atoms with Gasteiger partial charge in [-0.25, -0.2) is 35.5 Å². The summed E-state index contributed by atoms with van der Waals surface area (Å²) in [6.45, 7) is 18.1. The van der Waals surface area contributed by atoms with Crippen LogP contribution in [0.5, 0.6) is 0 Å². The van der Waals surface area contributed by atoms with Crippen molar-refractivity contribution in [2.45, 2.75) is 89.1 Å². The van der Waals surface area contributed by atoms with Crippen LogP contribution in [0.15, 0.2) is 194 Å². The van der Waals surface area contributed by atoms with Crippen molar-refractivity contribution < 1.29 is 52.1 Å². The van der Waals surface area contributed by atoms with Gasteiger partial charge in [0.05, 0.1) is 0 Å². The van der Waals surface area contributed by atoms with Crippen molar-refractivity contribution in [2.24, 2.45) is 52.7 Å². The second-order valence-electron chi connectivity index (χ2n) is 29.1. The Morgan fingerprint density at radius 2 is 0.579 bits per heavy atom. The Kier molecular flexibility index (Phi) is 32.2. The standard InChI is InChI=1S/C22H20FN3O.2C22H24FN3O.C15H10FNO2.C7H12N2.2CH4O.ClH/c1-24-19-9-2-14(10-19)13-25-22(27)21-12-17-4-3-16(11-20(17)26-21)15-5-7-18(23)8-6-15;2*23-19-7-5-16(6-8-19)17-3-4-18-11-21(26-20(18)10-17)22(27)25-13-15-2-1-14(9-15)12-24;16-12-5-3-9(4-6-12)10-1-2-11-8-14(15(18)19)17-13(11)7-10;1-9-7-3-2-6(4-7)5-8;2*1-2;/h3-8,11-12,14,19,26H,2,9-10,13H2,(H,25,27);2*3-8,10-11,14-15,26H,1-2,9,12-13,24H2,(H,25,27);1-8,17H,(H,18,19);6-7H,2-5,8H2;2*2H,1H3;1H/t14-,19-;2*14-,15-;;6-,7-;;;/m000.0.../s1. The van der Waals surface area contributed by atoms with E-state index in [0.29, 0.717) is 78.3 Å². The van der Waals surface area contributed by atoms with Gasteiger partial charge < -0.3 is 78.1 Å². The molecular formula is C90H99ClF4N12O7. The molecule has 16 N–H and O–H groups in total. The summed E-state index contributed by atoms with van der Waals surface area (Å²) in [4.78, 5) is 67.9. The Balaban J connectivity index is 0.000000166. The summed E-state index contributed by atoms with van der Waals surface area (Å²) >= 11 is 0. The predicted octanol–water partition coefficient (Wildman–Crippen LogP) is 17.3. The molecule has 0 spiro atoms. The summed E-state index contributed by atoms with van der Waals surface area (Å²) in [7, 11) is 2.00. The highest BCUT2D eigenvalue weighted by Gasteiger charge is 2.30. The minimum Gasteiger partial charge on any atom is -0.477 e. The van der Waals surface area contributed by atoms with Crippen LogP contribution >= 0.6 is 12.4 Å². The topological polar surface area (TPSA) is 315 Å². The summed E-state index contributed by atoms with van der Waals surface area (Å²) in [6.07, 6.45) is 12.9. The quantitative estimate of drug-likeness (QED) is 0.0302. The molecule has 114 heavy (non-hydrogen) atoms. The number of aliphatic hydroxyl groups excluding tert-OH is 2. The minimum atomic E-state index is -0.987. The number of aliphatic hydroxyl groups is 2. The van der Waals surface area contributed by atoms with Gasteiger partial charge in [-0.05, 0) is 248 Å². The third-order valence-corrected chi connectivity index (χ3v) is 21.5. The molecule has 4 heterocycles. The Bertz CT molecular complexity index is 5070. The van der Waals surface area contributed by atoms with Crippen molar-refractivity contribution in [1.82, 2.24) is 35.9 Å². The maximum Gasteiger partial charge on any atom is 0.352 e. The molecule has 12 aromatic rings. The first-order valence-corrected chi connectivity index (χ1v) is 38.2. The number of carbonyl (C=O) groups is 4. The summed E-state index contributed by atoms with van der Waals surface area (Å²) < 4.78 is 52.2. The monoisotopic (exact) mass is 1570 g/mol. The van der Waals surface area contributed by atoms with Crippen molar-refractivity contribution in [3.8, 4) is 44.5 Å². The fourth-order valence-corrected chi connectivity index (χ4v) is 15.2. The number of nitrogens with two attached hydrogens (primary N) is 3. The van der Waals surface area contributed by atoms with Crippen LogP contribution in [0, 0.1) is 71.9 Å². The lowest BCUT2D eigenvalue weighted by Gasteiger charge is -2.11. The molecule has 4 aliphatic rings.